The highest BCUT2D eigenvalue weighted by atomic mass is 32.2. The monoisotopic (exact) mass is 344 g/mol. The Balaban J connectivity index is 1.67. The molecule has 1 aromatic heterocycles. The molecule has 0 N–H and O–H groups in total. The first-order valence-electron chi connectivity index (χ1n) is 8.45. The molecule has 1 fully saturated rings. The Bertz CT molecular complexity index is 728. The van der Waals surface area contributed by atoms with Crippen LogP contribution in [0.15, 0.2) is 29.4 Å². The highest BCUT2D eigenvalue weighted by molar-refractivity contribution is 7.99. The van der Waals surface area contributed by atoms with Crippen molar-refractivity contribution in [1.82, 2.24) is 19.7 Å². The van der Waals surface area contributed by atoms with Crippen LogP contribution in [-0.2, 0) is 11.8 Å². The largest absolute Gasteiger partial charge is 0.339 e. The number of hydrogen-bond donors (Lipinski definition) is 0. The van der Waals surface area contributed by atoms with E-state index in [1.54, 1.807) is 0 Å². The van der Waals surface area contributed by atoms with E-state index >= 15 is 0 Å². The lowest BCUT2D eigenvalue weighted by molar-refractivity contribution is -0.131. The number of piperidine rings is 1. The molecule has 6 heteroatoms. The molecular formula is C18H24N4OS. The minimum Gasteiger partial charge on any atom is -0.339 e. The minimum atomic E-state index is 0.201. The third kappa shape index (κ3) is 3.64. The van der Waals surface area contributed by atoms with Crippen LogP contribution in [0.5, 0.6) is 0 Å². The third-order valence-corrected chi connectivity index (χ3v) is 5.56. The number of benzene rings is 1. The summed E-state index contributed by atoms with van der Waals surface area (Å²) in [5, 5.41) is 9.34. The Kier molecular flexibility index (Phi) is 5.23. The van der Waals surface area contributed by atoms with Crippen LogP contribution >= 0.6 is 11.8 Å². The summed E-state index contributed by atoms with van der Waals surface area (Å²) in [4.78, 5) is 14.5. The van der Waals surface area contributed by atoms with E-state index in [1.807, 2.05) is 28.6 Å². The fourth-order valence-electron chi connectivity index (χ4n) is 3.15. The van der Waals surface area contributed by atoms with Gasteiger partial charge in [-0.1, -0.05) is 35.5 Å². The Morgan fingerprint density at radius 3 is 2.92 bits per heavy atom. The summed E-state index contributed by atoms with van der Waals surface area (Å²) >= 11 is 1.47. The standard InChI is InChI=1S/C18H24N4OS/c1-13-7-6-9-15(11-13)17-19-20-18(21(17)3)24-12-16(23)22-10-5-4-8-14(22)2/h6-7,9,11,14H,4-5,8,10,12H2,1-3H3/t14-/m1/s1. The molecule has 1 amide bonds. The van der Waals surface area contributed by atoms with Gasteiger partial charge in [-0.2, -0.15) is 0 Å². The second-order valence-corrected chi connectivity index (χ2v) is 7.40. The number of aromatic nitrogens is 3. The van der Waals surface area contributed by atoms with Crippen LogP contribution in [0.1, 0.15) is 31.7 Å². The molecule has 0 saturated carbocycles. The van der Waals surface area contributed by atoms with Gasteiger partial charge in [-0.3, -0.25) is 4.79 Å². The molecule has 1 atom stereocenters. The number of likely N-dealkylation sites (tertiary alicyclic amines) is 1. The zero-order valence-electron chi connectivity index (χ0n) is 14.5. The Hall–Kier alpha value is -1.82. The SMILES string of the molecule is Cc1cccc(-c2nnc(SCC(=O)N3CCCC[C@H]3C)n2C)c1. The van der Waals surface area contributed by atoms with E-state index in [-0.39, 0.29) is 5.91 Å². The molecule has 1 aromatic carbocycles. The summed E-state index contributed by atoms with van der Waals surface area (Å²) in [6, 6.07) is 8.57. The zero-order chi connectivity index (χ0) is 17.1. The van der Waals surface area contributed by atoms with Crippen LogP contribution in [-0.4, -0.2) is 43.9 Å². The van der Waals surface area contributed by atoms with Crippen LogP contribution in [0, 0.1) is 6.92 Å². The molecule has 1 aliphatic heterocycles. The molecule has 128 valence electrons. The van der Waals surface area contributed by atoms with Crippen LogP contribution < -0.4 is 0 Å². The van der Waals surface area contributed by atoms with Gasteiger partial charge in [0, 0.05) is 25.2 Å². The van der Waals surface area contributed by atoms with Gasteiger partial charge in [0.25, 0.3) is 0 Å². The number of carbonyl (C=O) groups excluding carboxylic acids is 1. The minimum absolute atomic E-state index is 0.201. The Morgan fingerprint density at radius 2 is 2.17 bits per heavy atom. The first kappa shape index (κ1) is 17.0. The van der Waals surface area contributed by atoms with E-state index in [2.05, 4.69) is 36.2 Å². The van der Waals surface area contributed by atoms with Gasteiger partial charge in [-0.25, -0.2) is 0 Å². The van der Waals surface area contributed by atoms with Crippen LogP contribution in [0.2, 0.25) is 0 Å². The maximum Gasteiger partial charge on any atom is 0.233 e. The van der Waals surface area contributed by atoms with Crippen LogP contribution in [0.3, 0.4) is 0 Å². The van der Waals surface area contributed by atoms with E-state index in [1.165, 1.54) is 23.7 Å². The molecule has 2 heterocycles. The maximum absolute atomic E-state index is 12.5. The lowest BCUT2D eigenvalue weighted by Crippen LogP contribution is -2.42. The average molecular weight is 344 g/mol. The number of amides is 1. The van der Waals surface area contributed by atoms with Gasteiger partial charge in [-0.05, 0) is 39.2 Å². The first-order valence-corrected chi connectivity index (χ1v) is 9.43. The lowest BCUT2D eigenvalue weighted by Gasteiger charge is -2.33. The average Bonchev–Trinajstić information content (AvgIpc) is 2.94. The molecule has 24 heavy (non-hydrogen) atoms. The van der Waals surface area contributed by atoms with E-state index in [4.69, 9.17) is 0 Å². The van der Waals surface area contributed by atoms with Crippen molar-refractivity contribution in [3.05, 3.63) is 29.8 Å². The fraction of sp³-hybridized carbons (Fsp3) is 0.500. The normalized spacial score (nSPS) is 18.0. The summed E-state index contributed by atoms with van der Waals surface area (Å²) in [5.41, 5.74) is 2.24. The van der Waals surface area contributed by atoms with Crippen LogP contribution in [0.25, 0.3) is 11.4 Å². The van der Waals surface area contributed by atoms with Crippen LogP contribution in [0.4, 0.5) is 0 Å². The molecule has 0 aliphatic carbocycles. The van der Waals surface area contributed by atoms with Gasteiger partial charge in [0.2, 0.25) is 5.91 Å². The van der Waals surface area contributed by atoms with Gasteiger partial charge in [0.05, 0.1) is 5.75 Å². The summed E-state index contributed by atoms with van der Waals surface area (Å²) < 4.78 is 1.96. The van der Waals surface area contributed by atoms with Crippen molar-refractivity contribution in [2.45, 2.75) is 44.3 Å². The Labute approximate surface area is 147 Å². The van der Waals surface area contributed by atoms with E-state index < -0.39 is 0 Å². The second-order valence-electron chi connectivity index (χ2n) is 6.46. The molecule has 0 bridgehead atoms. The van der Waals surface area contributed by atoms with Gasteiger partial charge in [0.1, 0.15) is 0 Å². The third-order valence-electron chi connectivity index (χ3n) is 4.56. The molecule has 5 nitrogen and oxygen atoms in total. The summed E-state index contributed by atoms with van der Waals surface area (Å²) in [7, 11) is 1.95. The quantitative estimate of drug-likeness (QED) is 0.799. The summed E-state index contributed by atoms with van der Waals surface area (Å²) in [6.07, 6.45) is 3.45. The highest BCUT2D eigenvalue weighted by Crippen LogP contribution is 2.24. The predicted octanol–water partition coefficient (Wildman–Crippen LogP) is 3.28. The lowest BCUT2D eigenvalue weighted by atomic mass is 10.0. The fourth-order valence-corrected chi connectivity index (χ4v) is 3.95. The first-order chi connectivity index (χ1) is 11.6. The number of carbonyl (C=O) groups is 1. The van der Waals surface area contributed by atoms with Crippen molar-refractivity contribution >= 4 is 17.7 Å². The van der Waals surface area contributed by atoms with E-state index in [9.17, 15) is 4.79 Å². The summed E-state index contributed by atoms with van der Waals surface area (Å²) in [6.45, 7) is 5.09. The number of nitrogens with zero attached hydrogens (tertiary/aromatic N) is 4. The second kappa shape index (κ2) is 7.38. The summed E-state index contributed by atoms with van der Waals surface area (Å²) in [5.74, 6) is 1.46. The molecule has 1 saturated heterocycles. The predicted molar refractivity (Wildman–Crippen MR) is 96.9 cm³/mol. The van der Waals surface area contributed by atoms with Crippen molar-refractivity contribution in [2.75, 3.05) is 12.3 Å². The highest BCUT2D eigenvalue weighted by Gasteiger charge is 2.23. The molecule has 2 aromatic rings. The van der Waals surface area contributed by atoms with Gasteiger partial charge >= 0.3 is 0 Å². The van der Waals surface area contributed by atoms with Gasteiger partial charge in [0.15, 0.2) is 11.0 Å². The number of rotatable bonds is 4. The topological polar surface area (TPSA) is 51.0 Å². The molecule has 0 unspecified atom stereocenters. The smallest absolute Gasteiger partial charge is 0.233 e. The number of hydrogen-bond acceptors (Lipinski definition) is 4. The van der Waals surface area contributed by atoms with E-state index in [0.29, 0.717) is 11.8 Å². The van der Waals surface area contributed by atoms with E-state index in [0.717, 1.165) is 35.9 Å². The van der Waals surface area contributed by atoms with Gasteiger partial charge in [-0.15, -0.1) is 10.2 Å². The van der Waals surface area contributed by atoms with Crippen molar-refractivity contribution in [2.24, 2.45) is 7.05 Å². The maximum atomic E-state index is 12.5. The zero-order valence-corrected chi connectivity index (χ0v) is 15.3. The molecular weight excluding hydrogens is 320 g/mol. The molecule has 0 spiro atoms. The molecule has 3 rings (SSSR count). The van der Waals surface area contributed by atoms with Crippen molar-refractivity contribution < 1.29 is 4.79 Å². The van der Waals surface area contributed by atoms with Crippen molar-refractivity contribution in [3.63, 3.8) is 0 Å². The Morgan fingerprint density at radius 1 is 1.33 bits per heavy atom. The van der Waals surface area contributed by atoms with Crippen molar-refractivity contribution in [3.8, 4) is 11.4 Å². The number of thioether (sulfide) groups is 1. The molecule has 1 aliphatic rings. The van der Waals surface area contributed by atoms with Gasteiger partial charge < -0.3 is 9.47 Å². The molecule has 0 radical (unpaired) electrons. The number of aryl methyl sites for hydroxylation is 1. The van der Waals surface area contributed by atoms with Crippen molar-refractivity contribution in [1.29, 1.82) is 0 Å².